The summed E-state index contributed by atoms with van der Waals surface area (Å²) in [5.74, 6) is 0. The highest BCUT2D eigenvalue weighted by Gasteiger charge is 2.42. The van der Waals surface area contributed by atoms with Gasteiger partial charge in [-0.2, -0.15) is 0 Å². The van der Waals surface area contributed by atoms with Crippen LogP contribution in [-0.2, 0) is 0 Å². The van der Waals surface area contributed by atoms with Gasteiger partial charge < -0.3 is 16.2 Å². The number of halogens is 1. The Balaban J connectivity index is 2.24. The predicted octanol–water partition coefficient (Wildman–Crippen LogP) is 1.25. The lowest BCUT2D eigenvalue weighted by Gasteiger charge is -2.18. The van der Waals surface area contributed by atoms with E-state index in [-0.39, 0.29) is 12.1 Å². The zero-order chi connectivity index (χ0) is 10.2. The van der Waals surface area contributed by atoms with Gasteiger partial charge in [0.2, 0.25) is 0 Å². The second kappa shape index (κ2) is 3.29. The first-order chi connectivity index (χ1) is 6.67. The maximum Gasteiger partial charge on any atom is 0.0842 e. The van der Waals surface area contributed by atoms with Gasteiger partial charge in [-0.3, -0.25) is 4.98 Å². The molecule has 0 aromatic carbocycles. The van der Waals surface area contributed by atoms with E-state index in [2.05, 4.69) is 10.3 Å². The summed E-state index contributed by atoms with van der Waals surface area (Å²) in [7, 11) is 0. The van der Waals surface area contributed by atoms with Crippen LogP contribution >= 0.6 is 11.6 Å². The Morgan fingerprint density at radius 2 is 2.29 bits per heavy atom. The average Bonchev–Trinajstić information content (AvgIpc) is 2.93. The summed E-state index contributed by atoms with van der Waals surface area (Å²) >= 11 is 5.93. The minimum Gasteiger partial charge on any atom is -0.396 e. The number of aromatic nitrogens is 1. The van der Waals surface area contributed by atoms with Crippen LogP contribution in [-0.4, -0.2) is 22.2 Å². The fourth-order valence-corrected chi connectivity index (χ4v) is 1.53. The summed E-state index contributed by atoms with van der Waals surface area (Å²) in [5, 5.41) is 12.8. The summed E-state index contributed by atoms with van der Waals surface area (Å²) in [6.45, 7) is 0.102. The maximum atomic E-state index is 9.14. The Bertz CT molecular complexity index is 332. The third-order valence-corrected chi connectivity index (χ3v) is 2.76. The van der Waals surface area contributed by atoms with Gasteiger partial charge in [-0.05, 0) is 12.8 Å². The van der Waals surface area contributed by atoms with Crippen LogP contribution in [0.1, 0.15) is 12.8 Å². The first kappa shape index (κ1) is 9.55. The lowest BCUT2D eigenvalue weighted by Crippen LogP contribution is -2.26. The highest BCUT2D eigenvalue weighted by Crippen LogP contribution is 2.41. The number of hydrogen-bond donors (Lipinski definition) is 3. The monoisotopic (exact) mass is 213 g/mol. The quantitative estimate of drug-likeness (QED) is 0.707. The molecule has 0 unspecified atom stereocenters. The number of nitrogens with two attached hydrogens (primary N) is 1. The first-order valence-corrected chi connectivity index (χ1v) is 4.83. The van der Waals surface area contributed by atoms with E-state index in [1.165, 1.54) is 6.20 Å². The SMILES string of the molecule is Nc1cncc(Cl)c1NC1(CO)CC1. The number of hydrogen-bond acceptors (Lipinski definition) is 4. The van der Waals surface area contributed by atoms with Crippen molar-refractivity contribution in [2.45, 2.75) is 18.4 Å². The minimum absolute atomic E-state index is 0.102. The van der Waals surface area contributed by atoms with Gasteiger partial charge in [0, 0.05) is 6.20 Å². The van der Waals surface area contributed by atoms with Crippen molar-refractivity contribution in [3.63, 3.8) is 0 Å². The zero-order valence-corrected chi connectivity index (χ0v) is 8.38. The molecule has 1 aromatic rings. The Hall–Kier alpha value is -1.00. The molecular weight excluding hydrogens is 202 g/mol. The van der Waals surface area contributed by atoms with Crippen molar-refractivity contribution in [2.75, 3.05) is 17.7 Å². The van der Waals surface area contributed by atoms with Gasteiger partial charge in [0.05, 0.1) is 34.7 Å². The van der Waals surface area contributed by atoms with Gasteiger partial charge in [-0.15, -0.1) is 0 Å². The number of rotatable bonds is 3. The van der Waals surface area contributed by atoms with Crippen LogP contribution in [0.2, 0.25) is 5.02 Å². The summed E-state index contributed by atoms with van der Waals surface area (Å²) in [6, 6.07) is 0. The summed E-state index contributed by atoms with van der Waals surface area (Å²) in [5.41, 5.74) is 6.70. The normalized spacial score (nSPS) is 17.9. The third-order valence-electron chi connectivity index (χ3n) is 2.48. The van der Waals surface area contributed by atoms with E-state index in [9.17, 15) is 0 Å². The third kappa shape index (κ3) is 1.63. The fourth-order valence-electron chi connectivity index (χ4n) is 1.32. The molecule has 1 aromatic heterocycles. The molecule has 14 heavy (non-hydrogen) atoms. The molecule has 0 saturated heterocycles. The Morgan fingerprint density at radius 3 is 2.79 bits per heavy atom. The average molecular weight is 214 g/mol. The largest absolute Gasteiger partial charge is 0.396 e. The molecule has 0 atom stereocenters. The van der Waals surface area contributed by atoms with Crippen LogP contribution < -0.4 is 11.1 Å². The zero-order valence-electron chi connectivity index (χ0n) is 7.63. The van der Waals surface area contributed by atoms with E-state index in [1.807, 2.05) is 0 Å². The molecule has 0 amide bonds. The summed E-state index contributed by atoms with van der Waals surface area (Å²) < 4.78 is 0. The van der Waals surface area contributed by atoms with Crippen LogP contribution in [0.3, 0.4) is 0 Å². The van der Waals surface area contributed by atoms with Crippen LogP contribution in [0.5, 0.6) is 0 Å². The van der Waals surface area contributed by atoms with Crippen molar-refractivity contribution in [1.29, 1.82) is 0 Å². The number of pyridine rings is 1. The molecular formula is C9H12ClN3O. The number of aliphatic hydroxyl groups is 1. The molecule has 0 spiro atoms. The Morgan fingerprint density at radius 1 is 1.57 bits per heavy atom. The van der Waals surface area contributed by atoms with Crippen molar-refractivity contribution in [3.05, 3.63) is 17.4 Å². The molecule has 4 nitrogen and oxygen atoms in total. The molecule has 76 valence electrons. The molecule has 1 aliphatic rings. The highest BCUT2D eigenvalue weighted by molar-refractivity contribution is 6.33. The molecule has 1 heterocycles. The molecule has 2 rings (SSSR count). The van der Waals surface area contributed by atoms with Gasteiger partial charge in [-0.1, -0.05) is 11.6 Å². The molecule has 0 aliphatic heterocycles. The maximum absolute atomic E-state index is 9.14. The topological polar surface area (TPSA) is 71.2 Å². The number of nitrogens with one attached hydrogen (secondary N) is 1. The first-order valence-electron chi connectivity index (χ1n) is 4.45. The number of anilines is 2. The van der Waals surface area contributed by atoms with E-state index < -0.39 is 0 Å². The standard InChI is InChI=1S/C9H12ClN3O/c10-6-3-12-4-7(11)8(6)13-9(5-14)1-2-9/h3-4,14H,1-2,5,11H2,(H,12,13). The van der Waals surface area contributed by atoms with Crippen molar-refractivity contribution < 1.29 is 5.11 Å². The minimum atomic E-state index is -0.209. The Kier molecular flexibility index (Phi) is 2.25. The molecule has 0 radical (unpaired) electrons. The highest BCUT2D eigenvalue weighted by atomic mass is 35.5. The van der Waals surface area contributed by atoms with Gasteiger partial charge >= 0.3 is 0 Å². The number of nitrogens with zero attached hydrogens (tertiary/aromatic N) is 1. The van der Waals surface area contributed by atoms with Crippen molar-refractivity contribution in [3.8, 4) is 0 Å². The molecule has 1 saturated carbocycles. The predicted molar refractivity (Wildman–Crippen MR) is 56.3 cm³/mol. The van der Waals surface area contributed by atoms with Crippen LogP contribution in [0.15, 0.2) is 12.4 Å². The number of nitrogen functional groups attached to an aromatic ring is 1. The van der Waals surface area contributed by atoms with Crippen molar-refractivity contribution >= 4 is 23.0 Å². The van der Waals surface area contributed by atoms with Crippen LogP contribution in [0.25, 0.3) is 0 Å². The van der Waals surface area contributed by atoms with Crippen molar-refractivity contribution in [1.82, 2.24) is 4.98 Å². The molecule has 1 fully saturated rings. The fraction of sp³-hybridized carbons (Fsp3) is 0.444. The number of aliphatic hydroxyl groups excluding tert-OH is 1. The van der Waals surface area contributed by atoms with E-state index >= 15 is 0 Å². The molecule has 1 aliphatic carbocycles. The van der Waals surface area contributed by atoms with E-state index in [0.717, 1.165) is 12.8 Å². The second-order valence-corrected chi connectivity index (χ2v) is 4.06. The van der Waals surface area contributed by atoms with E-state index in [0.29, 0.717) is 16.4 Å². The van der Waals surface area contributed by atoms with Gasteiger partial charge in [0.1, 0.15) is 0 Å². The molecule has 5 heteroatoms. The summed E-state index contributed by atoms with van der Waals surface area (Å²) in [4.78, 5) is 3.86. The Labute approximate surface area is 87.1 Å². The lowest BCUT2D eigenvalue weighted by atomic mass is 10.2. The second-order valence-electron chi connectivity index (χ2n) is 3.65. The van der Waals surface area contributed by atoms with E-state index in [1.54, 1.807) is 6.20 Å². The van der Waals surface area contributed by atoms with Gasteiger partial charge in [0.25, 0.3) is 0 Å². The van der Waals surface area contributed by atoms with Gasteiger partial charge in [-0.25, -0.2) is 0 Å². The van der Waals surface area contributed by atoms with Gasteiger partial charge in [0.15, 0.2) is 0 Å². The van der Waals surface area contributed by atoms with E-state index in [4.69, 9.17) is 22.4 Å². The van der Waals surface area contributed by atoms with Crippen LogP contribution in [0, 0.1) is 0 Å². The molecule has 4 N–H and O–H groups in total. The van der Waals surface area contributed by atoms with Crippen LogP contribution in [0.4, 0.5) is 11.4 Å². The summed E-state index contributed by atoms with van der Waals surface area (Å²) in [6.07, 6.45) is 4.97. The smallest absolute Gasteiger partial charge is 0.0842 e. The lowest BCUT2D eigenvalue weighted by molar-refractivity contribution is 0.266. The van der Waals surface area contributed by atoms with Crippen molar-refractivity contribution in [2.24, 2.45) is 0 Å². The molecule has 0 bridgehead atoms.